The van der Waals surface area contributed by atoms with E-state index in [9.17, 15) is 39.9 Å². The van der Waals surface area contributed by atoms with E-state index in [4.69, 9.17) is 4.74 Å². The van der Waals surface area contributed by atoms with Crippen LogP contribution in [0.4, 0.5) is 0 Å². The van der Waals surface area contributed by atoms with Gasteiger partial charge in [-0.2, -0.15) is 0 Å². The second-order valence-corrected chi connectivity index (χ2v) is 20.4. The molecule has 0 saturated carbocycles. The van der Waals surface area contributed by atoms with Gasteiger partial charge in [-0.15, -0.1) is 0 Å². The molecule has 9 nitrogen and oxygen atoms in total. The van der Waals surface area contributed by atoms with Gasteiger partial charge in [0.15, 0.2) is 17.2 Å². The molecule has 0 unspecified atom stereocenters. The van der Waals surface area contributed by atoms with Gasteiger partial charge >= 0.3 is 23.0 Å². The molecule has 0 amide bonds. The molecule has 0 heterocycles. The van der Waals surface area contributed by atoms with E-state index in [2.05, 4.69) is 20.8 Å². The van der Waals surface area contributed by atoms with Crippen LogP contribution in [0.2, 0.25) is 0 Å². The van der Waals surface area contributed by atoms with Crippen molar-refractivity contribution in [2.45, 2.75) is 329 Å². The summed E-state index contributed by atoms with van der Waals surface area (Å²) < 4.78 is 5.15. The predicted octanol–water partition coefficient (Wildman–Crippen LogP) is 17.2. The molecular formula is C61H112FeO9. The van der Waals surface area contributed by atoms with E-state index in [-0.39, 0.29) is 35.5 Å². The zero-order valence-corrected chi connectivity index (χ0v) is 47.6. The summed E-state index contributed by atoms with van der Waals surface area (Å²) in [5.41, 5.74) is 0.0271. The number of aromatic hydroxyl groups is 3. The number of ether oxygens (including phenoxy) is 1. The first kappa shape index (κ1) is 72.8. The van der Waals surface area contributed by atoms with Gasteiger partial charge in [0, 0.05) is 11.9 Å². The van der Waals surface area contributed by atoms with Crippen molar-refractivity contribution in [2.24, 2.45) is 0 Å². The Kier molecular flexibility index (Phi) is 61.6. The number of hydrogen-bond donors (Lipinski definition) is 3. The Morgan fingerprint density at radius 3 is 0.761 bits per heavy atom. The number of aliphatic carboxylic acids is 2. The van der Waals surface area contributed by atoms with E-state index in [0.29, 0.717) is 6.61 Å². The molecule has 0 radical (unpaired) electrons. The van der Waals surface area contributed by atoms with Crippen molar-refractivity contribution in [3.8, 4) is 17.2 Å². The number of carbonyl (C=O) groups is 3. The number of benzene rings is 1. The maximum atomic E-state index is 11.9. The minimum absolute atomic E-state index is 0. The molecule has 3 N–H and O–H groups in total. The summed E-state index contributed by atoms with van der Waals surface area (Å²) in [5.74, 6) is -4.13. The normalized spacial score (nSPS) is 10.7. The Balaban J connectivity index is -0.00000100. The monoisotopic (exact) mass is 1040 g/mol. The van der Waals surface area contributed by atoms with Crippen LogP contribution in [0, 0.1) is 0 Å². The van der Waals surface area contributed by atoms with Crippen molar-refractivity contribution >= 4 is 17.9 Å². The summed E-state index contributed by atoms with van der Waals surface area (Å²) in [5, 5.41) is 48.6. The van der Waals surface area contributed by atoms with E-state index in [1.165, 1.54) is 250 Å². The summed E-state index contributed by atoms with van der Waals surface area (Å²) in [6.07, 6.45) is 60.4. The summed E-state index contributed by atoms with van der Waals surface area (Å²) in [7, 11) is 0. The fourth-order valence-corrected chi connectivity index (χ4v) is 8.90. The van der Waals surface area contributed by atoms with Gasteiger partial charge in [0.2, 0.25) is 0 Å². The smallest absolute Gasteiger partial charge is 0.550 e. The second-order valence-electron chi connectivity index (χ2n) is 20.4. The Bertz CT molecular complexity index is 1210. The Morgan fingerprint density at radius 1 is 0.352 bits per heavy atom. The molecule has 1 aromatic rings. The van der Waals surface area contributed by atoms with E-state index in [1.54, 1.807) is 0 Å². The molecule has 0 aromatic heterocycles. The number of carbonyl (C=O) groups excluding carboxylic acids is 3. The fourth-order valence-electron chi connectivity index (χ4n) is 8.90. The van der Waals surface area contributed by atoms with Crippen LogP contribution >= 0.6 is 0 Å². The van der Waals surface area contributed by atoms with Crippen molar-refractivity contribution in [1.29, 1.82) is 0 Å². The van der Waals surface area contributed by atoms with Crippen molar-refractivity contribution in [1.82, 2.24) is 0 Å². The van der Waals surface area contributed by atoms with Crippen LogP contribution in [-0.4, -0.2) is 39.8 Å². The molecule has 0 aliphatic heterocycles. The van der Waals surface area contributed by atoms with Crippen LogP contribution < -0.4 is 10.2 Å². The third-order valence-corrected chi connectivity index (χ3v) is 13.5. The Hall–Kier alpha value is -2.45. The summed E-state index contributed by atoms with van der Waals surface area (Å²) in [6.45, 7) is 7.12. The van der Waals surface area contributed by atoms with E-state index < -0.39 is 35.2 Å². The van der Waals surface area contributed by atoms with Gasteiger partial charge in [0.1, 0.15) is 0 Å². The quantitative estimate of drug-likeness (QED) is 0.0249. The number of hydrogen-bond acceptors (Lipinski definition) is 9. The molecule has 71 heavy (non-hydrogen) atoms. The van der Waals surface area contributed by atoms with Crippen molar-refractivity contribution in [3.63, 3.8) is 0 Å². The maximum Gasteiger partial charge on any atom is 2.00 e. The van der Waals surface area contributed by atoms with Gasteiger partial charge in [0.25, 0.3) is 0 Å². The molecule has 0 aliphatic rings. The second kappa shape index (κ2) is 60.1. The molecule has 0 saturated heterocycles. The molecule has 10 heteroatoms. The molecule has 0 bridgehead atoms. The number of carboxylic acids is 2. The Labute approximate surface area is 448 Å². The SMILES string of the molecule is CCCCCCCCCCCCCCCCCC(=O)[O-].CCCCCCCCCCCCCCCCCC(=O)[O-].CCCCCCCCCCCCCCCCCCOC(=O)c1cc(O)c(O)c(O)c1.[Fe+2]. The summed E-state index contributed by atoms with van der Waals surface area (Å²) in [6, 6.07) is 2.18. The van der Waals surface area contributed by atoms with Crippen molar-refractivity contribution in [3.05, 3.63) is 17.7 Å². The number of phenols is 3. The first-order valence-electron chi connectivity index (χ1n) is 29.9. The van der Waals surface area contributed by atoms with Crippen LogP contribution in [0.1, 0.15) is 339 Å². The van der Waals surface area contributed by atoms with Crippen molar-refractivity contribution in [2.75, 3.05) is 6.61 Å². The van der Waals surface area contributed by atoms with E-state index in [1.807, 2.05) is 0 Å². The molecule has 0 fully saturated rings. The topological polar surface area (TPSA) is 167 Å². The molecule has 418 valence electrons. The van der Waals surface area contributed by atoms with E-state index >= 15 is 0 Å². The van der Waals surface area contributed by atoms with Gasteiger partial charge in [0.05, 0.1) is 12.2 Å². The largest absolute Gasteiger partial charge is 2.00 e. The number of phenolic OH excluding ortho intramolecular Hbond substituents is 3. The molecule has 0 atom stereocenters. The molecule has 1 aromatic carbocycles. The van der Waals surface area contributed by atoms with Crippen LogP contribution in [-0.2, 0) is 31.4 Å². The van der Waals surface area contributed by atoms with Crippen LogP contribution in [0.25, 0.3) is 0 Å². The molecule has 1 rings (SSSR count). The van der Waals surface area contributed by atoms with Crippen LogP contribution in [0.15, 0.2) is 12.1 Å². The van der Waals surface area contributed by atoms with Crippen molar-refractivity contribution < 1.29 is 61.7 Å². The summed E-state index contributed by atoms with van der Waals surface area (Å²) >= 11 is 0. The first-order chi connectivity index (χ1) is 34.1. The number of esters is 1. The van der Waals surface area contributed by atoms with Gasteiger partial charge in [-0.05, 0) is 44.2 Å². The maximum absolute atomic E-state index is 11.9. The van der Waals surface area contributed by atoms with Gasteiger partial charge in [-0.25, -0.2) is 4.79 Å². The van der Waals surface area contributed by atoms with Gasteiger partial charge in [-0.3, -0.25) is 0 Å². The predicted molar refractivity (Wildman–Crippen MR) is 290 cm³/mol. The molecule has 0 spiro atoms. The minimum Gasteiger partial charge on any atom is -0.550 e. The van der Waals surface area contributed by atoms with Gasteiger partial charge < -0.3 is 39.9 Å². The molecular weight excluding hydrogens is 933 g/mol. The standard InChI is InChI=1S/C25H42O5.2C18H36O2.Fe/c1-2-3-4-5-6-7-8-9-10-11-12-13-14-15-16-17-18-30-25(29)21-19-22(26)24(28)23(27)20-21;2*1-2-3-4-5-6-7-8-9-10-11-12-13-14-15-16-17-18(19)20;/h19-20,26-28H,2-18H2,1H3;2*2-17H2,1H3,(H,19,20);/q;;;+2/p-2. The number of rotatable bonds is 50. The Morgan fingerprint density at radius 2 is 0.549 bits per heavy atom. The minimum atomic E-state index is -0.903. The average Bonchev–Trinajstić information content (AvgIpc) is 3.34. The van der Waals surface area contributed by atoms with Gasteiger partial charge in [-0.1, -0.05) is 297 Å². The zero-order valence-electron chi connectivity index (χ0n) is 46.4. The zero-order chi connectivity index (χ0) is 51.8. The third kappa shape index (κ3) is 58.3. The fraction of sp³-hybridized carbons (Fsp3) is 0.852. The summed E-state index contributed by atoms with van der Waals surface area (Å²) in [4.78, 5) is 32.3. The number of carboxylic acid groups (broad SMARTS) is 2. The van der Waals surface area contributed by atoms with E-state index in [0.717, 1.165) is 57.1 Å². The van der Waals surface area contributed by atoms with Crippen LogP contribution in [0.5, 0.6) is 17.2 Å². The third-order valence-electron chi connectivity index (χ3n) is 13.5. The first-order valence-corrected chi connectivity index (χ1v) is 29.9. The number of unbranched alkanes of at least 4 members (excludes halogenated alkanes) is 43. The van der Waals surface area contributed by atoms with Crippen LogP contribution in [0.3, 0.4) is 0 Å². The molecule has 0 aliphatic carbocycles. The average molecular weight is 1050 g/mol.